The van der Waals surface area contributed by atoms with Crippen molar-refractivity contribution in [1.82, 2.24) is 0 Å². The summed E-state index contributed by atoms with van der Waals surface area (Å²) < 4.78 is 0. The van der Waals surface area contributed by atoms with Gasteiger partial charge in [0.1, 0.15) is 0 Å². The van der Waals surface area contributed by atoms with Crippen LogP contribution in [0.2, 0.25) is 0 Å². The van der Waals surface area contributed by atoms with Gasteiger partial charge in [-0.05, 0) is 34.5 Å². The SMILES string of the molecule is C.C.C.C.C.C.C.CC(C)(C)C.CCC.CCC.CCC(C)(CC)CC.CCC(C)C.CCCC(C)C.CCCCC(C)C.CCCCCCCC(C)C. The van der Waals surface area contributed by atoms with Crippen LogP contribution < -0.4 is 0 Å². The predicted molar refractivity (Wildman–Crippen MR) is 281 cm³/mol. The topological polar surface area (TPSA) is 0 Å². The molecule has 0 N–H and O–H groups in total. The molecule has 0 aromatic carbocycles. The van der Waals surface area contributed by atoms with Crippen molar-refractivity contribution in [2.45, 2.75) is 327 Å². The summed E-state index contributed by atoms with van der Waals surface area (Å²) in [6.07, 6.45) is 23.2. The van der Waals surface area contributed by atoms with E-state index in [0.29, 0.717) is 10.8 Å². The monoisotopic (exact) mass is 787 g/mol. The lowest BCUT2D eigenvalue weighted by Crippen LogP contribution is -2.10. The molecule has 54 heavy (non-hydrogen) atoms. The van der Waals surface area contributed by atoms with E-state index >= 15 is 0 Å². The molecule has 0 aliphatic carbocycles. The lowest BCUT2D eigenvalue weighted by atomic mass is 9.82. The fourth-order valence-electron chi connectivity index (χ4n) is 3.10. The minimum Gasteiger partial charge on any atom is -0.0776 e. The van der Waals surface area contributed by atoms with Gasteiger partial charge in [0.25, 0.3) is 0 Å². The van der Waals surface area contributed by atoms with Crippen molar-refractivity contribution in [2.24, 2.45) is 34.5 Å². The molecule has 0 aliphatic heterocycles. The highest BCUT2D eigenvalue weighted by atomic mass is 14.2. The first-order valence-corrected chi connectivity index (χ1v) is 21.6. The molecule has 0 aliphatic rings. The molecule has 0 rings (SSSR count). The molecule has 0 nitrogen and oxygen atoms in total. The Bertz CT molecular complexity index is 400. The second-order valence-electron chi connectivity index (χ2n) is 17.4. The van der Waals surface area contributed by atoms with Crippen molar-refractivity contribution < 1.29 is 0 Å². The molecule has 0 atom stereocenters. The van der Waals surface area contributed by atoms with E-state index in [1.165, 1.54) is 109 Å². The normalized spacial score (nSPS) is 8.89. The smallest absolute Gasteiger partial charge is 0.0334 e. The molecule has 0 spiro atoms. The van der Waals surface area contributed by atoms with Gasteiger partial charge >= 0.3 is 0 Å². The Labute approximate surface area is 360 Å². The van der Waals surface area contributed by atoms with E-state index in [1.54, 1.807) is 0 Å². The van der Waals surface area contributed by atoms with E-state index in [2.05, 4.69) is 166 Å². The number of hydrogen-bond donors (Lipinski definition) is 0. The summed E-state index contributed by atoms with van der Waals surface area (Å²) in [6.45, 7) is 53.5. The third-order valence-corrected chi connectivity index (χ3v) is 7.26. The van der Waals surface area contributed by atoms with Gasteiger partial charge in [0.15, 0.2) is 0 Å². The third-order valence-electron chi connectivity index (χ3n) is 7.26. The molecule has 0 heteroatoms. The Morgan fingerprint density at radius 3 is 0.648 bits per heavy atom. The molecule has 0 unspecified atom stereocenters. The molecular formula is C54H138. The Morgan fingerprint density at radius 1 is 0.315 bits per heavy atom. The summed E-state index contributed by atoms with van der Waals surface area (Å²) in [7, 11) is 0. The first kappa shape index (κ1) is 99.7. The van der Waals surface area contributed by atoms with E-state index in [9.17, 15) is 0 Å². The fraction of sp³-hybridized carbons (Fsp3) is 1.00. The molecule has 0 fully saturated rings. The number of unbranched alkanes of at least 4 members (excludes halogenated alkanes) is 5. The van der Waals surface area contributed by atoms with Gasteiger partial charge in [0.05, 0.1) is 0 Å². The zero-order chi connectivity index (χ0) is 39.3. The van der Waals surface area contributed by atoms with Gasteiger partial charge in [0.2, 0.25) is 0 Å². The van der Waals surface area contributed by atoms with Crippen LogP contribution >= 0.6 is 0 Å². The van der Waals surface area contributed by atoms with E-state index in [0.717, 1.165) is 23.7 Å². The standard InChI is InChI=1S/C10H22.C8H18.C7H16.C6H14.2C5H12.2C3H8.7CH4/c1-4-5-6-7-8-9-10(2)3;1-5-8(4,6-2)7-3;1-4-5-6-7(2)3;1-4-5-6(2)3;1-5(2,3)4;1-4-5(2)3;2*1-3-2;;;;;;;/h10H,4-9H2,1-3H3;5-7H2,1-4H3;7H,4-6H2,1-3H3;6H,4-5H2,1-3H3;1-4H3;5H,4H2,1-3H3;2*3H2,1-2H3;7*1H4. The molecule has 0 aromatic rings. The molecule has 354 valence electrons. The van der Waals surface area contributed by atoms with Crippen LogP contribution in [-0.2, 0) is 0 Å². The van der Waals surface area contributed by atoms with Gasteiger partial charge in [-0.1, -0.05) is 327 Å². The molecule has 0 amide bonds. The molecular weight excluding hydrogens is 649 g/mol. The first-order chi connectivity index (χ1) is 21.6. The zero-order valence-electron chi connectivity index (χ0n) is 39.3. The molecule has 0 heterocycles. The second kappa shape index (κ2) is 85.3. The summed E-state index contributed by atoms with van der Waals surface area (Å²) in [6, 6.07) is 0. The Balaban J connectivity index is -0.0000000249. The van der Waals surface area contributed by atoms with E-state index in [-0.39, 0.29) is 52.0 Å². The van der Waals surface area contributed by atoms with Crippen molar-refractivity contribution in [3.05, 3.63) is 0 Å². The summed E-state index contributed by atoms with van der Waals surface area (Å²) in [5.74, 6) is 3.59. The summed E-state index contributed by atoms with van der Waals surface area (Å²) >= 11 is 0. The highest BCUT2D eigenvalue weighted by Crippen LogP contribution is 2.28. The third kappa shape index (κ3) is 216. The fourth-order valence-corrected chi connectivity index (χ4v) is 3.10. The van der Waals surface area contributed by atoms with Gasteiger partial charge in [-0.2, -0.15) is 0 Å². The maximum atomic E-state index is 2.35. The van der Waals surface area contributed by atoms with Crippen LogP contribution in [0.3, 0.4) is 0 Å². The highest BCUT2D eigenvalue weighted by Gasteiger charge is 2.15. The maximum absolute atomic E-state index is 2.35. The van der Waals surface area contributed by atoms with Gasteiger partial charge < -0.3 is 0 Å². The van der Waals surface area contributed by atoms with Gasteiger partial charge in [-0.15, -0.1) is 0 Å². The molecule has 0 saturated carbocycles. The maximum Gasteiger partial charge on any atom is -0.0334 e. The average molecular weight is 788 g/mol. The summed E-state index contributed by atoms with van der Waals surface area (Å²) in [5.41, 5.74) is 1.12. The largest absolute Gasteiger partial charge is 0.0776 e. The summed E-state index contributed by atoms with van der Waals surface area (Å²) in [5, 5.41) is 0. The van der Waals surface area contributed by atoms with Crippen molar-refractivity contribution in [3.8, 4) is 0 Å². The second-order valence-corrected chi connectivity index (χ2v) is 17.4. The molecule has 0 saturated heterocycles. The van der Waals surface area contributed by atoms with Gasteiger partial charge in [0, 0.05) is 0 Å². The molecule has 0 radical (unpaired) electrons. The first-order valence-electron chi connectivity index (χ1n) is 21.6. The van der Waals surface area contributed by atoms with Gasteiger partial charge in [-0.3, -0.25) is 0 Å². The highest BCUT2D eigenvalue weighted by molar-refractivity contribution is 4.67. The molecule has 0 aromatic heterocycles. The lowest BCUT2D eigenvalue weighted by Gasteiger charge is -2.23. The number of rotatable bonds is 15. The quantitative estimate of drug-likeness (QED) is 0.145. The van der Waals surface area contributed by atoms with Gasteiger partial charge in [-0.25, -0.2) is 0 Å². The number of hydrogen-bond acceptors (Lipinski definition) is 0. The average Bonchev–Trinajstić information content (AvgIpc) is 2.96. The van der Waals surface area contributed by atoms with Crippen molar-refractivity contribution in [2.75, 3.05) is 0 Å². The van der Waals surface area contributed by atoms with E-state index in [1.807, 2.05) is 0 Å². The Morgan fingerprint density at radius 2 is 0.537 bits per heavy atom. The van der Waals surface area contributed by atoms with E-state index in [4.69, 9.17) is 0 Å². The lowest BCUT2D eigenvalue weighted by molar-refractivity contribution is 0.286. The Hall–Kier alpha value is 0. The van der Waals surface area contributed by atoms with Crippen LogP contribution in [0, 0.1) is 34.5 Å². The van der Waals surface area contributed by atoms with Crippen molar-refractivity contribution in [3.63, 3.8) is 0 Å². The summed E-state index contributed by atoms with van der Waals surface area (Å²) in [4.78, 5) is 0. The van der Waals surface area contributed by atoms with Crippen LogP contribution in [0.15, 0.2) is 0 Å². The van der Waals surface area contributed by atoms with Crippen LogP contribution in [0.5, 0.6) is 0 Å². The minimum absolute atomic E-state index is 0. The van der Waals surface area contributed by atoms with Crippen LogP contribution in [-0.4, -0.2) is 0 Å². The van der Waals surface area contributed by atoms with Crippen LogP contribution in [0.25, 0.3) is 0 Å². The van der Waals surface area contributed by atoms with Crippen molar-refractivity contribution >= 4 is 0 Å². The minimum atomic E-state index is 0. The zero-order valence-corrected chi connectivity index (χ0v) is 39.3. The van der Waals surface area contributed by atoms with E-state index < -0.39 is 0 Å². The van der Waals surface area contributed by atoms with Crippen LogP contribution in [0.1, 0.15) is 327 Å². The van der Waals surface area contributed by atoms with Crippen molar-refractivity contribution in [1.29, 1.82) is 0 Å². The Kier molecular flexibility index (Phi) is 157. The molecule has 0 bridgehead atoms. The van der Waals surface area contributed by atoms with Crippen LogP contribution in [0.4, 0.5) is 0 Å². The predicted octanol–water partition coefficient (Wildman–Crippen LogP) is 23.9.